The Morgan fingerprint density at radius 1 is 0.647 bits per heavy atom. The number of halogens is 1. The third kappa shape index (κ3) is 6.73. The van der Waals surface area contributed by atoms with Crippen LogP contribution in [0, 0.1) is 5.92 Å². The van der Waals surface area contributed by atoms with Crippen LogP contribution < -0.4 is 0 Å². The van der Waals surface area contributed by atoms with E-state index in [4.69, 9.17) is 0 Å². The topological polar surface area (TPSA) is 0 Å². The minimum atomic E-state index is -0.900. The molecule has 0 atom stereocenters. The third-order valence-electron chi connectivity index (χ3n) is 9.02. The number of alkyl halides is 1. The Labute approximate surface area is 208 Å². The number of hydrogen-bond acceptors (Lipinski definition) is 0. The van der Waals surface area contributed by atoms with E-state index in [2.05, 4.69) is 62.4 Å². The number of rotatable bonds is 10. The van der Waals surface area contributed by atoms with Crippen LogP contribution in [-0.4, -0.2) is 5.67 Å². The minimum absolute atomic E-state index is 0.527. The van der Waals surface area contributed by atoms with Crippen LogP contribution in [-0.2, 0) is 0 Å². The van der Waals surface area contributed by atoms with E-state index < -0.39 is 5.67 Å². The van der Waals surface area contributed by atoms with Crippen LogP contribution in [0.15, 0.2) is 48.5 Å². The molecule has 1 heteroatoms. The molecule has 0 bridgehead atoms. The molecule has 0 saturated heterocycles. The average molecular weight is 463 g/mol. The molecule has 2 fully saturated rings. The largest absolute Gasteiger partial charge is 0.244 e. The molecule has 0 amide bonds. The quantitative estimate of drug-likeness (QED) is 0.308. The van der Waals surface area contributed by atoms with Gasteiger partial charge < -0.3 is 0 Å². The molecule has 0 nitrogen and oxygen atoms in total. The molecule has 2 aliphatic carbocycles. The summed E-state index contributed by atoms with van der Waals surface area (Å²) < 4.78 is 15.0. The Bertz CT molecular complexity index is 833. The van der Waals surface area contributed by atoms with Crippen molar-refractivity contribution in [2.75, 3.05) is 0 Å². The number of unbranched alkanes of at least 4 members (excludes halogenated alkanes) is 3. The van der Waals surface area contributed by atoms with Gasteiger partial charge in [0, 0.05) is 0 Å². The summed E-state index contributed by atoms with van der Waals surface area (Å²) in [6.07, 6.45) is 17.5. The molecule has 0 heterocycles. The highest BCUT2D eigenvalue weighted by Gasteiger charge is 2.35. The zero-order valence-electron chi connectivity index (χ0n) is 21.8. The Balaban J connectivity index is 1.28. The van der Waals surface area contributed by atoms with Gasteiger partial charge in [0.05, 0.1) is 0 Å². The van der Waals surface area contributed by atoms with Gasteiger partial charge in [-0.05, 0) is 97.8 Å². The molecular weight excluding hydrogens is 415 g/mol. The monoisotopic (exact) mass is 462 g/mol. The first-order valence-corrected chi connectivity index (χ1v) is 14.5. The van der Waals surface area contributed by atoms with E-state index in [1.807, 2.05) is 0 Å². The summed E-state index contributed by atoms with van der Waals surface area (Å²) in [6.45, 7) is 4.46. The second-order valence-electron chi connectivity index (χ2n) is 11.5. The molecule has 0 N–H and O–H groups in total. The van der Waals surface area contributed by atoms with E-state index in [-0.39, 0.29) is 0 Å². The summed E-state index contributed by atoms with van der Waals surface area (Å²) in [4.78, 5) is 0. The second-order valence-corrected chi connectivity index (χ2v) is 11.5. The van der Waals surface area contributed by atoms with E-state index >= 15 is 0 Å². The van der Waals surface area contributed by atoms with Gasteiger partial charge in [0.1, 0.15) is 5.67 Å². The Morgan fingerprint density at radius 2 is 1.15 bits per heavy atom. The molecule has 0 radical (unpaired) electrons. The summed E-state index contributed by atoms with van der Waals surface area (Å²) in [5.74, 6) is 2.26. The van der Waals surface area contributed by atoms with Crippen LogP contribution in [0.1, 0.15) is 133 Å². The molecule has 0 spiro atoms. The van der Waals surface area contributed by atoms with Gasteiger partial charge in [0.25, 0.3) is 0 Å². The maximum atomic E-state index is 15.0. The van der Waals surface area contributed by atoms with E-state index in [0.29, 0.717) is 5.92 Å². The van der Waals surface area contributed by atoms with Crippen LogP contribution in [0.2, 0.25) is 0 Å². The van der Waals surface area contributed by atoms with Gasteiger partial charge in [-0.1, -0.05) is 101 Å². The van der Waals surface area contributed by atoms with E-state index in [1.54, 1.807) is 0 Å². The molecule has 2 aliphatic rings. The first-order valence-electron chi connectivity index (χ1n) is 14.5. The first-order chi connectivity index (χ1) is 16.6. The van der Waals surface area contributed by atoms with Gasteiger partial charge in [-0.25, -0.2) is 4.39 Å². The lowest BCUT2D eigenvalue weighted by Gasteiger charge is -2.34. The van der Waals surface area contributed by atoms with Crippen molar-refractivity contribution in [1.82, 2.24) is 0 Å². The van der Waals surface area contributed by atoms with Crippen molar-refractivity contribution in [3.63, 3.8) is 0 Å². The molecule has 34 heavy (non-hydrogen) atoms. The molecule has 0 aliphatic heterocycles. The van der Waals surface area contributed by atoms with Gasteiger partial charge >= 0.3 is 0 Å². The van der Waals surface area contributed by atoms with Crippen molar-refractivity contribution in [2.45, 2.75) is 128 Å². The van der Waals surface area contributed by atoms with Crippen molar-refractivity contribution in [1.29, 1.82) is 0 Å². The van der Waals surface area contributed by atoms with E-state index in [1.165, 1.54) is 73.6 Å². The fraction of sp³-hybridized carbons (Fsp3) is 0.636. The third-order valence-corrected chi connectivity index (χ3v) is 9.02. The van der Waals surface area contributed by atoms with Crippen LogP contribution in [0.4, 0.5) is 4.39 Å². The van der Waals surface area contributed by atoms with Crippen LogP contribution in [0.25, 0.3) is 11.1 Å². The highest BCUT2D eigenvalue weighted by atomic mass is 19.1. The number of hydrogen-bond donors (Lipinski definition) is 0. The van der Waals surface area contributed by atoms with Gasteiger partial charge in [-0.2, -0.15) is 0 Å². The zero-order chi connectivity index (χ0) is 23.8. The Kier molecular flexibility index (Phi) is 9.26. The van der Waals surface area contributed by atoms with Crippen LogP contribution in [0.3, 0.4) is 0 Å². The lowest BCUT2D eigenvalue weighted by molar-refractivity contribution is 0.0856. The molecule has 2 aromatic rings. The van der Waals surface area contributed by atoms with E-state index in [0.717, 1.165) is 56.8 Å². The van der Waals surface area contributed by atoms with Gasteiger partial charge in [-0.15, -0.1) is 0 Å². The SMILES string of the molecule is CCCCCC1CCC(c2ccc(-c3ccc(C4CCC(F)(CCCC)CC4)cc3)cc2)CC1. The summed E-state index contributed by atoms with van der Waals surface area (Å²) >= 11 is 0. The molecule has 0 unspecified atom stereocenters. The number of benzene rings is 2. The molecule has 186 valence electrons. The predicted molar refractivity (Wildman–Crippen MR) is 145 cm³/mol. The van der Waals surface area contributed by atoms with Crippen LogP contribution >= 0.6 is 0 Å². The van der Waals surface area contributed by atoms with Crippen molar-refractivity contribution in [3.05, 3.63) is 59.7 Å². The molecule has 0 aromatic heterocycles. The Hall–Kier alpha value is -1.63. The Morgan fingerprint density at radius 3 is 1.65 bits per heavy atom. The zero-order valence-corrected chi connectivity index (χ0v) is 21.8. The van der Waals surface area contributed by atoms with E-state index in [9.17, 15) is 4.39 Å². The maximum Gasteiger partial charge on any atom is 0.111 e. The average Bonchev–Trinajstić information content (AvgIpc) is 2.89. The standard InChI is InChI=1S/C33H47F/c1-3-5-7-8-26-9-11-27(12-10-26)28-13-15-29(16-14-28)30-17-19-31(20-18-30)32-21-24-33(34,25-22-32)23-6-4-2/h13-20,26-27,32H,3-12,21-25H2,1-2H3. The summed E-state index contributed by atoms with van der Waals surface area (Å²) in [6, 6.07) is 18.6. The highest BCUT2D eigenvalue weighted by molar-refractivity contribution is 5.64. The fourth-order valence-corrected chi connectivity index (χ4v) is 6.58. The van der Waals surface area contributed by atoms with Gasteiger partial charge in [0.2, 0.25) is 0 Å². The van der Waals surface area contributed by atoms with Crippen molar-refractivity contribution < 1.29 is 4.39 Å². The molecule has 2 aromatic carbocycles. The second kappa shape index (κ2) is 12.4. The maximum absolute atomic E-state index is 15.0. The van der Waals surface area contributed by atoms with Gasteiger partial charge in [0.15, 0.2) is 0 Å². The minimum Gasteiger partial charge on any atom is -0.244 e. The lowest BCUT2D eigenvalue weighted by Crippen LogP contribution is -2.28. The molecule has 2 saturated carbocycles. The smallest absolute Gasteiger partial charge is 0.111 e. The van der Waals surface area contributed by atoms with Crippen LogP contribution in [0.5, 0.6) is 0 Å². The molecular formula is C33H47F. The first kappa shape index (κ1) is 25.5. The fourth-order valence-electron chi connectivity index (χ4n) is 6.58. The van der Waals surface area contributed by atoms with Crippen molar-refractivity contribution in [2.24, 2.45) is 5.92 Å². The summed E-state index contributed by atoms with van der Waals surface area (Å²) in [5.41, 5.74) is 4.65. The summed E-state index contributed by atoms with van der Waals surface area (Å²) in [5, 5.41) is 0. The predicted octanol–water partition coefficient (Wildman–Crippen LogP) is 10.8. The summed E-state index contributed by atoms with van der Waals surface area (Å²) in [7, 11) is 0. The van der Waals surface area contributed by atoms with Crippen molar-refractivity contribution >= 4 is 0 Å². The normalized spacial score (nSPS) is 27.6. The lowest BCUT2D eigenvalue weighted by atomic mass is 9.75. The van der Waals surface area contributed by atoms with Gasteiger partial charge in [-0.3, -0.25) is 0 Å². The van der Waals surface area contributed by atoms with Crippen molar-refractivity contribution in [3.8, 4) is 11.1 Å². The highest BCUT2D eigenvalue weighted by Crippen LogP contribution is 2.43. The molecule has 4 rings (SSSR count).